The van der Waals surface area contributed by atoms with E-state index in [1.807, 2.05) is 0 Å². The minimum absolute atomic E-state index is 0.0288. The highest BCUT2D eigenvalue weighted by atomic mass is 19.2. The summed E-state index contributed by atoms with van der Waals surface area (Å²) in [6.07, 6.45) is -0.500. The second-order valence-corrected chi connectivity index (χ2v) is 2.58. The predicted molar refractivity (Wildman–Crippen MR) is 42.4 cm³/mol. The largest absolute Gasteiger partial charge is 0.481 e. The maximum Gasteiger partial charge on any atom is 0.307 e. The van der Waals surface area contributed by atoms with Gasteiger partial charge in [-0.3, -0.25) is 4.79 Å². The van der Waals surface area contributed by atoms with Crippen molar-refractivity contribution in [2.45, 2.75) is 6.42 Å². The molecule has 0 aliphatic carbocycles. The molecular weight excluding hydrogens is 192 g/mol. The number of rotatable bonds is 2. The Kier molecular flexibility index (Phi) is 2.77. The summed E-state index contributed by atoms with van der Waals surface area (Å²) >= 11 is 0. The molecule has 0 aromatic heterocycles. The summed E-state index contributed by atoms with van der Waals surface area (Å²) in [7, 11) is 0. The smallest absolute Gasteiger partial charge is 0.307 e. The van der Waals surface area contributed by atoms with Crippen LogP contribution < -0.4 is 0 Å². The van der Waals surface area contributed by atoms with Gasteiger partial charge in [-0.1, -0.05) is 6.07 Å². The monoisotopic (exact) mass is 197 g/mol. The molecule has 5 heteroatoms. The van der Waals surface area contributed by atoms with Gasteiger partial charge in [0.25, 0.3) is 0 Å². The van der Waals surface area contributed by atoms with Gasteiger partial charge in [-0.15, -0.1) is 0 Å². The van der Waals surface area contributed by atoms with Crippen LogP contribution in [0, 0.1) is 23.0 Å². The van der Waals surface area contributed by atoms with E-state index in [-0.39, 0.29) is 5.56 Å². The lowest BCUT2D eigenvalue weighted by atomic mass is 10.0. The molecule has 0 heterocycles. The van der Waals surface area contributed by atoms with Gasteiger partial charge in [0.15, 0.2) is 11.6 Å². The van der Waals surface area contributed by atoms with Crippen LogP contribution in [0.15, 0.2) is 12.1 Å². The molecule has 0 aliphatic rings. The molecule has 72 valence electrons. The molecule has 0 unspecified atom stereocenters. The molecule has 0 aliphatic heterocycles. The highest BCUT2D eigenvalue weighted by molar-refractivity contribution is 5.71. The van der Waals surface area contributed by atoms with E-state index >= 15 is 0 Å². The van der Waals surface area contributed by atoms with Gasteiger partial charge in [0.05, 0.1) is 12.0 Å². The van der Waals surface area contributed by atoms with Crippen LogP contribution in [0.2, 0.25) is 0 Å². The molecule has 3 nitrogen and oxygen atoms in total. The molecule has 1 rings (SSSR count). The Morgan fingerprint density at radius 2 is 2.14 bits per heavy atom. The summed E-state index contributed by atoms with van der Waals surface area (Å²) in [5.41, 5.74) is -0.577. The molecule has 0 amide bonds. The highest BCUT2D eigenvalue weighted by Gasteiger charge is 2.14. The Hall–Kier alpha value is -1.96. The summed E-state index contributed by atoms with van der Waals surface area (Å²) in [6.45, 7) is 0. The number of hydrogen-bond donors (Lipinski definition) is 1. The zero-order valence-electron chi connectivity index (χ0n) is 6.92. The highest BCUT2D eigenvalue weighted by Crippen LogP contribution is 2.16. The minimum Gasteiger partial charge on any atom is -0.481 e. The van der Waals surface area contributed by atoms with Crippen LogP contribution in [0.3, 0.4) is 0 Å². The first kappa shape index (κ1) is 10.1. The number of nitrogens with zero attached hydrogens (tertiary/aromatic N) is 1. The Labute approximate surface area is 78.2 Å². The van der Waals surface area contributed by atoms with Gasteiger partial charge in [0.1, 0.15) is 6.07 Å². The standard InChI is InChI=1S/C9H5F2NO2/c10-7-2-1-5(3-8(13)14)6(4-12)9(7)11/h1-2H,3H2,(H,13,14). The van der Waals surface area contributed by atoms with Gasteiger partial charge in [-0.2, -0.15) is 5.26 Å². The quantitative estimate of drug-likeness (QED) is 0.780. The molecule has 1 aromatic carbocycles. The third-order valence-electron chi connectivity index (χ3n) is 1.63. The first-order valence-electron chi connectivity index (χ1n) is 3.65. The second kappa shape index (κ2) is 3.83. The van der Waals surface area contributed by atoms with E-state index in [1.54, 1.807) is 0 Å². The number of halogens is 2. The Bertz CT molecular complexity index is 424. The third-order valence-corrected chi connectivity index (χ3v) is 1.63. The number of aliphatic carboxylic acids is 1. The van der Waals surface area contributed by atoms with Crippen molar-refractivity contribution in [2.24, 2.45) is 0 Å². The summed E-state index contributed by atoms with van der Waals surface area (Å²) in [5, 5.41) is 16.9. The van der Waals surface area contributed by atoms with Crippen molar-refractivity contribution in [1.82, 2.24) is 0 Å². The molecule has 0 radical (unpaired) electrons. The van der Waals surface area contributed by atoms with E-state index in [2.05, 4.69) is 0 Å². The molecule has 1 N–H and O–H groups in total. The lowest BCUT2D eigenvalue weighted by Gasteiger charge is -2.01. The van der Waals surface area contributed by atoms with E-state index < -0.39 is 29.6 Å². The number of carbonyl (C=O) groups is 1. The first-order chi connectivity index (χ1) is 6.56. The van der Waals surface area contributed by atoms with Crippen LogP contribution >= 0.6 is 0 Å². The van der Waals surface area contributed by atoms with Crippen LogP contribution in [0.5, 0.6) is 0 Å². The van der Waals surface area contributed by atoms with Crippen molar-refractivity contribution >= 4 is 5.97 Å². The summed E-state index contributed by atoms with van der Waals surface area (Å²) in [5.74, 6) is -3.66. The molecule has 0 bridgehead atoms. The molecule has 0 spiro atoms. The van der Waals surface area contributed by atoms with Crippen LogP contribution in [0.25, 0.3) is 0 Å². The molecule has 0 fully saturated rings. The molecule has 0 atom stereocenters. The maximum atomic E-state index is 12.9. The van der Waals surface area contributed by atoms with Crippen LogP contribution in [0.4, 0.5) is 8.78 Å². The van der Waals surface area contributed by atoms with Gasteiger partial charge < -0.3 is 5.11 Å². The fourth-order valence-corrected chi connectivity index (χ4v) is 1.02. The third kappa shape index (κ3) is 1.85. The van der Waals surface area contributed by atoms with E-state index in [4.69, 9.17) is 10.4 Å². The van der Waals surface area contributed by atoms with Crippen LogP contribution in [-0.2, 0) is 11.2 Å². The lowest BCUT2D eigenvalue weighted by molar-refractivity contribution is -0.136. The Morgan fingerprint density at radius 3 is 2.64 bits per heavy atom. The Morgan fingerprint density at radius 1 is 1.50 bits per heavy atom. The average molecular weight is 197 g/mol. The number of benzene rings is 1. The number of hydrogen-bond acceptors (Lipinski definition) is 2. The van der Waals surface area contributed by atoms with E-state index in [1.165, 1.54) is 6.07 Å². The van der Waals surface area contributed by atoms with Gasteiger partial charge in [-0.05, 0) is 11.6 Å². The zero-order chi connectivity index (χ0) is 10.7. The predicted octanol–water partition coefficient (Wildman–Crippen LogP) is 1.46. The number of nitriles is 1. The van der Waals surface area contributed by atoms with Gasteiger partial charge in [-0.25, -0.2) is 8.78 Å². The van der Waals surface area contributed by atoms with E-state index in [0.717, 1.165) is 12.1 Å². The molecule has 0 saturated heterocycles. The van der Waals surface area contributed by atoms with Crippen molar-refractivity contribution in [3.63, 3.8) is 0 Å². The van der Waals surface area contributed by atoms with Gasteiger partial charge in [0.2, 0.25) is 0 Å². The summed E-state index contributed by atoms with van der Waals surface area (Å²) in [6, 6.07) is 3.32. The van der Waals surface area contributed by atoms with E-state index in [0.29, 0.717) is 0 Å². The van der Waals surface area contributed by atoms with Crippen molar-refractivity contribution < 1.29 is 18.7 Å². The lowest BCUT2D eigenvalue weighted by Crippen LogP contribution is -2.04. The van der Waals surface area contributed by atoms with Crippen molar-refractivity contribution in [2.75, 3.05) is 0 Å². The molecule has 1 aromatic rings. The Balaban J connectivity index is 3.26. The topological polar surface area (TPSA) is 61.1 Å². The van der Waals surface area contributed by atoms with Crippen molar-refractivity contribution in [3.8, 4) is 6.07 Å². The van der Waals surface area contributed by atoms with Gasteiger partial charge in [0, 0.05) is 0 Å². The SMILES string of the molecule is N#Cc1c(CC(=O)O)ccc(F)c1F. The van der Waals surface area contributed by atoms with Crippen molar-refractivity contribution in [1.29, 1.82) is 5.26 Å². The first-order valence-corrected chi connectivity index (χ1v) is 3.65. The fraction of sp³-hybridized carbons (Fsp3) is 0.111. The number of carboxylic acids is 1. The van der Waals surface area contributed by atoms with Crippen LogP contribution in [0.1, 0.15) is 11.1 Å². The maximum absolute atomic E-state index is 12.9. The van der Waals surface area contributed by atoms with E-state index in [9.17, 15) is 13.6 Å². The zero-order valence-corrected chi connectivity index (χ0v) is 6.92. The fourth-order valence-electron chi connectivity index (χ4n) is 1.02. The number of carboxylic acid groups (broad SMARTS) is 1. The summed E-state index contributed by atoms with van der Waals surface area (Å²) < 4.78 is 25.5. The molecular formula is C9H5F2NO2. The van der Waals surface area contributed by atoms with Gasteiger partial charge >= 0.3 is 5.97 Å². The van der Waals surface area contributed by atoms with Crippen LogP contribution in [-0.4, -0.2) is 11.1 Å². The summed E-state index contributed by atoms with van der Waals surface area (Å²) in [4.78, 5) is 10.3. The normalized spacial score (nSPS) is 9.50. The average Bonchev–Trinajstić information content (AvgIpc) is 2.11. The minimum atomic E-state index is -1.30. The van der Waals surface area contributed by atoms with Crippen molar-refractivity contribution in [3.05, 3.63) is 34.9 Å². The molecule has 14 heavy (non-hydrogen) atoms. The molecule has 0 saturated carbocycles. The second-order valence-electron chi connectivity index (χ2n) is 2.58.